The van der Waals surface area contributed by atoms with Gasteiger partial charge in [0.05, 0.1) is 13.0 Å². The minimum absolute atomic E-state index is 0.538. The first kappa shape index (κ1) is 9.29. The van der Waals surface area contributed by atoms with Gasteiger partial charge in [0.2, 0.25) is 0 Å². The van der Waals surface area contributed by atoms with Crippen LogP contribution in [0.2, 0.25) is 0 Å². The van der Waals surface area contributed by atoms with E-state index in [0.717, 1.165) is 0 Å². The predicted octanol–water partition coefficient (Wildman–Crippen LogP) is 0.445. The number of hydrogen-bond acceptors (Lipinski definition) is 2. The van der Waals surface area contributed by atoms with Crippen molar-refractivity contribution in [3.63, 3.8) is 0 Å². The summed E-state index contributed by atoms with van der Waals surface area (Å²) in [7, 11) is 0. The maximum absolute atomic E-state index is 12.1. The highest BCUT2D eigenvalue weighted by atomic mass is 19.3. The molecule has 0 aliphatic heterocycles. The van der Waals surface area contributed by atoms with Gasteiger partial charge in [-0.05, 0) is 0 Å². The molecular formula is C5H9F2NO2. The number of aliphatic carboxylic acids is 1. The lowest BCUT2D eigenvalue weighted by Crippen LogP contribution is -2.28. The Bertz CT molecular complexity index is 127. The van der Waals surface area contributed by atoms with Crippen molar-refractivity contribution in [1.82, 2.24) is 0 Å². The average molecular weight is 153 g/mol. The largest absolute Gasteiger partial charge is 0.481 e. The molecule has 0 bridgehead atoms. The first-order valence-corrected chi connectivity index (χ1v) is 2.77. The minimum atomic E-state index is -3.03. The van der Waals surface area contributed by atoms with Gasteiger partial charge in [0.15, 0.2) is 0 Å². The van der Waals surface area contributed by atoms with E-state index < -0.39 is 31.3 Å². The van der Waals surface area contributed by atoms with E-state index in [0.29, 0.717) is 0 Å². The van der Waals surface area contributed by atoms with Crippen LogP contribution in [-0.4, -0.2) is 23.5 Å². The lowest BCUT2D eigenvalue weighted by atomic mass is 10.2. The molecule has 0 aromatic rings. The van der Waals surface area contributed by atoms with Crippen molar-refractivity contribution < 1.29 is 18.7 Å². The molecule has 0 heterocycles. The number of alkyl halides is 2. The molecule has 0 aromatic heterocycles. The Labute approximate surface area is 56.8 Å². The zero-order valence-electron chi connectivity index (χ0n) is 5.31. The molecule has 0 radical (unpaired) electrons. The zero-order valence-corrected chi connectivity index (χ0v) is 5.31. The summed E-state index contributed by atoms with van der Waals surface area (Å²) in [6.07, 6.45) is -1.22. The number of hydrogen-bond donors (Lipinski definition) is 2. The number of halogens is 2. The van der Waals surface area contributed by atoms with E-state index in [-0.39, 0.29) is 0 Å². The molecule has 0 spiro atoms. The highest BCUT2D eigenvalue weighted by molar-refractivity contribution is 5.66. The Morgan fingerprint density at radius 1 is 1.60 bits per heavy atom. The van der Waals surface area contributed by atoms with Crippen LogP contribution in [0.3, 0.4) is 0 Å². The molecule has 0 aliphatic carbocycles. The third-order valence-electron chi connectivity index (χ3n) is 1.00. The van der Waals surface area contributed by atoms with Crippen LogP contribution >= 0.6 is 0 Å². The Kier molecular flexibility index (Phi) is 3.21. The van der Waals surface area contributed by atoms with Crippen LogP contribution in [0, 0.1) is 0 Å². The van der Waals surface area contributed by atoms with Gasteiger partial charge in [0.1, 0.15) is 0 Å². The van der Waals surface area contributed by atoms with Gasteiger partial charge in [0.25, 0.3) is 5.92 Å². The average Bonchev–Trinajstić information content (AvgIpc) is 1.85. The van der Waals surface area contributed by atoms with Crippen LogP contribution in [0.25, 0.3) is 0 Å². The molecule has 5 heteroatoms. The highest BCUT2D eigenvalue weighted by Crippen LogP contribution is 2.17. The summed E-state index contributed by atoms with van der Waals surface area (Å²) < 4.78 is 24.2. The molecular weight excluding hydrogens is 144 g/mol. The molecule has 3 N–H and O–H groups in total. The van der Waals surface area contributed by atoms with Crippen LogP contribution in [-0.2, 0) is 4.79 Å². The third kappa shape index (κ3) is 4.20. The van der Waals surface area contributed by atoms with E-state index in [1.165, 1.54) is 0 Å². The van der Waals surface area contributed by atoms with Gasteiger partial charge in [0, 0.05) is 6.42 Å². The molecule has 0 saturated carbocycles. The number of rotatable bonds is 4. The maximum atomic E-state index is 12.1. The van der Waals surface area contributed by atoms with E-state index in [1.807, 2.05) is 0 Å². The highest BCUT2D eigenvalue weighted by Gasteiger charge is 2.26. The number of carbonyl (C=O) groups is 1. The molecule has 3 nitrogen and oxygen atoms in total. The standard InChI is InChI=1S/C5H9F2NO2/c6-5(7,3-8)2-1-4(9)10/h1-3,8H2,(H,9,10). The normalized spacial score (nSPS) is 11.5. The Hall–Kier alpha value is -0.710. The van der Waals surface area contributed by atoms with Crippen molar-refractivity contribution in [1.29, 1.82) is 0 Å². The molecule has 0 amide bonds. The quantitative estimate of drug-likeness (QED) is 0.616. The second-order valence-corrected chi connectivity index (χ2v) is 1.95. The second kappa shape index (κ2) is 3.46. The summed E-state index contributed by atoms with van der Waals surface area (Å²) in [5.41, 5.74) is 4.65. The van der Waals surface area contributed by atoms with Crippen molar-refractivity contribution in [2.75, 3.05) is 6.54 Å². The van der Waals surface area contributed by atoms with Crippen molar-refractivity contribution >= 4 is 5.97 Å². The monoisotopic (exact) mass is 153 g/mol. The lowest BCUT2D eigenvalue weighted by Gasteiger charge is -2.10. The van der Waals surface area contributed by atoms with Gasteiger partial charge in [-0.2, -0.15) is 0 Å². The van der Waals surface area contributed by atoms with E-state index in [2.05, 4.69) is 5.73 Å². The van der Waals surface area contributed by atoms with Crippen LogP contribution in [0.15, 0.2) is 0 Å². The summed E-state index contributed by atoms with van der Waals surface area (Å²) in [5.74, 6) is -4.26. The zero-order chi connectivity index (χ0) is 8.20. The minimum Gasteiger partial charge on any atom is -0.481 e. The van der Waals surface area contributed by atoms with Crippen molar-refractivity contribution in [3.05, 3.63) is 0 Å². The van der Waals surface area contributed by atoms with Gasteiger partial charge >= 0.3 is 5.97 Å². The van der Waals surface area contributed by atoms with E-state index in [1.54, 1.807) is 0 Å². The summed E-state index contributed by atoms with van der Waals surface area (Å²) in [5, 5.41) is 8.00. The third-order valence-corrected chi connectivity index (χ3v) is 1.00. The molecule has 0 atom stereocenters. The second-order valence-electron chi connectivity index (χ2n) is 1.95. The number of nitrogens with two attached hydrogens (primary N) is 1. The van der Waals surface area contributed by atoms with Crippen molar-refractivity contribution in [2.45, 2.75) is 18.8 Å². The van der Waals surface area contributed by atoms with Crippen LogP contribution < -0.4 is 5.73 Å². The molecule has 0 aliphatic rings. The summed E-state index contributed by atoms with van der Waals surface area (Å²) in [6, 6.07) is 0. The van der Waals surface area contributed by atoms with Gasteiger partial charge in [-0.25, -0.2) is 8.78 Å². The van der Waals surface area contributed by atoms with Crippen LogP contribution in [0.4, 0.5) is 8.78 Å². The van der Waals surface area contributed by atoms with Gasteiger partial charge in [-0.15, -0.1) is 0 Å². The van der Waals surface area contributed by atoms with E-state index >= 15 is 0 Å². The van der Waals surface area contributed by atoms with E-state index in [9.17, 15) is 13.6 Å². The Morgan fingerprint density at radius 2 is 2.10 bits per heavy atom. The molecule has 10 heavy (non-hydrogen) atoms. The predicted molar refractivity (Wildman–Crippen MR) is 30.9 cm³/mol. The fourth-order valence-corrected chi connectivity index (χ4v) is 0.392. The Balaban J connectivity index is 3.56. The van der Waals surface area contributed by atoms with Crippen molar-refractivity contribution in [3.8, 4) is 0 Å². The molecule has 0 rings (SSSR count). The Morgan fingerprint density at radius 3 is 2.40 bits per heavy atom. The van der Waals surface area contributed by atoms with E-state index in [4.69, 9.17) is 5.11 Å². The topological polar surface area (TPSA) is 63.3 Å². The maximum Gasteiger partial charge on any atom is 0.303 e. The van der Waals surface area contributed by atoms with Gasteiger partial charge in [-0.1, -0.05) is 0 Å². The molecule has 0 fully saturated rings. The fraction of sp³-hybridized carbons (Fsp3) is 0.800. The van der Waals surface area contributed by atoms with Gasteiger partial charge in [-0.3, -0.25) is 4.79 Å². The summed E-state index contributed by atoms with van der Waals surface area (Å²) >= 11 is 0. The van der Waals surface area contributed by atoms with Crippen molar-refractivity contribution in [2.24, 2.45) is 5.73 Å². The fourth-order valence-electron chi connectivity index (χ4n) is 0.392. The first-order chi connectivity index (χ1) is 4.48. The number of carboxylic acids is 1. The summed E-state index contributed by atoms with van der Waals surface area (Å²) in [6.45, 7) is -0.791. The smallest absolute Gasteiger partial charge is 0.303 e. The SMILES string of the molecule is NCC(F)(F)CCC(=O)O. The van der Waals surface area contributed by atoms with Crippen LogP contribution in [0.5, 0.6) is 0 Å². The van der Waals surface area contributed by atoms with Crippen LogP contribution in [0.1, 0.15) is 12.8 Å². The van der Waals surface area contributed by atoms with Gasteiger partial charge < -0.3 is 10.8 Å². The summed E-state index contributed by atoms with van der Waals surface area (Å²) in [4.78, 5) is 9.79. The molecule has 0 aromatic carbocycles. The molecule has 60 valence electrons. The number of carboxylic acid groups (broad SMARTS) is 1. The molecule has 0 unspecified atom stereocenters. The lowest BCUT2D eigenvalue weighted by molar-refractivity contribution is -0.139. The molecule has 0 saturated heterocycles. The first-order valence-electron chi connectivity index (χ1n) is 2.77.